The Morgan fingerprint density at radius 3 is 2.45 bits per heavy atom. The summed E-state index contributed by atoms with van der Waals surface area (Å²) in [5.74, 6) is 0.493. The Labute approximate surface area is 116 Å². The molecule has 1 saturated heterocycles. The molecule has 20 heavy (non-hydrogen) atoms. The second-order valence-corrected chi connectivity index (χ2v) is 4.97. The fourth-order valence-corrected chi connectivity index (χ4v) is 2.68. The molecule has 0 bridgehead atoms. The van der Waals surface area contributed by atoms with E-state index in [1.807, 2.05) is 37.3 Å². The van der Waals surface area contributed by atoms with E-state index in [0.717, 1.165) is 16.8 Å². The number of rotatable bonds is 2. The highest BCUT2D eigenvalue weighted by atomic mass is 16.2. The zero-order valence-electron chi connectivity index (χ0n) is 11.5. The summed E-state index contributed by atoms with van der Waals surface area (Å²) in [6, 6.07) is 9.80. The Kier molecular flexibility index (Phi) is 2.89. The van der Waals surface area contributed by atoms with E-state index < -0.39 is 0 Å². The molecule has 2 aromatic rings. The van der Waals surface area contributed by atoms with Gasteiger partial charge in [0, 0.05) is 12.6 Å². The summed E-state index contributed by atoms with van der Waals surface area (Å²) in [5, 5.41) is 4.40. The Hall–Kier alpha value is -2.43. The fourth-order valence-electron chi connectivity index (χ4n) is 2.68. The molecular formula is C15H15N3O2. The van der Waals surface area contributed by atoms with Gasteiger partial charge in [0.05, 0.1) is 18.7 Å². The lowest BCUT2D eigenvalue weighted by Crippen LogP contribution is -2.27. The number of nitrogens with zero attached hydrogens (tertiary/aromatic N) is 3. The average Bonchev–Trinajstić information content (AvgIpc) is 2.89. The lowest BCUT2D eigenvalue weighted by molar-refractivity contribution is -0.121. The highest BCUT2D eigenvalue weighted by Gasteiger charge is 2.33. The monoisotopic (exact) mass is 269 g/mol. The summed E-state index contributed by atoms with van der Waals surface area (Å²) < 4.78 is 1.67. The lowest BCUT2D eigenvalue weighted by Gasteiger charge is -2.17. The van der Waals surface area contributed by atoms with E-state index in [4.69, 9.17) is 0 Å². The van der Waals surface area contributed by atoms with Gasteiger partial charge in [0.2, 0.25) is 5.91 Å². The van der Waals surface area contributed by atoms with Crippen molar-refractivity contribution in [1.29, 1.82) is 0 Å². The van der Waals surface area contributed by atoms with Crippen LogP contribution in [0, 0.1) is 6.92 Å². The summed E-state index contributed by atoms with van der Waals surface area (Å²) in [4.78, 5) is 25.0. The van der Waals surface area contributed by atoms with Crippen LogP contribution >= 0.6 is 0 Å². The van der Waals surface area contributed by atoms with E-state index >= 15 is 0 Å². The summed E-state index contributed by atoms with van der Waals surface area (Å²) in [6.07, 6.45) is -0.0154. The maximum atomic E-state index is 12.0. The molecule has 1 fully saturated rings. The van der Waals surface area contributed by atoms with E-state index in [-0.39, 0.29) is 24.7 Å². The molecule has 1 aromatic carbocycles. The highest BCUT2D eigenvalue weighted by Crippen LogP contribution is 2.34. The van der Waals surface area contributed by atoms with Crippen LogP contribution in [0.2, 0.25) is 0 Å². The van der Waals surface area contributed by atoms with Gasteiger partial charge in [-0.3, -0.25) is 19.2 Å². The van der Waals surface area contributed by atoms with Gasteiger partial charge in [0.1, 0.15) is 5.82 Å². The van der Waals surface area contributed by atoms with Gasteiger partial charge in [-0.2, -0.15) is 5.10 Å². The Bertz CT molecular complexity index is 689. The summed E-state index contributed by atoms with van der Waals surface area (Å²) in [6.45, 7) is 2.05. The zero-order chi connectivity index (χ0) is 14.3. The van der Waals surface area contributed by atoms with Crippen molar-refractivity contribution >= 4 is 17.5 Å². The third kappa shape index (κ3) is 1.91. The number of ketones is 1. The Morgan fingerprint density at radius 1 is 1.15 bits per heavy atom. The molecule has 1 aliphatic heterocycles. The first-order chi connectivity index (χ1) is 9.58. The van der Waals surface area contributed by atoms with Crippen molar-refractivity contribution in [2.24, 2.45) is 7.05 Å². The molecule has 0 radical (unpaired) electrons. The van der Waals surface area contributed by atoms with E-state index in [9.17, 15) is 9.59 Å². The first-order valence-electron chi connectivity index (χ1n) is 6.49. The van der Waals surface area contributed by atoms with Crippen LogP contribution in [0.5, 0.6) is 0 Å². The van der Waals surface area contributed by atoms with Gasteiger partial charge in [-0.25, -0.2) is 0 Å². The van der Waals surface area contributed by atoms with Crippen LogP contribution in [0.4, 0.5) is 5.82 Å². The largest absolute Gasteiger partial charge is 0.297 e. The number of anilines is 1. The van der Waals surface area contributed by atoms with Crippen molar-refractivity contribution in [2.45, 2.75) is 13.3 Å². The Balaban J connectivity index is 2.17. The fraction of sp³-hybridized carbons (Fsp3) is 0.267. The van der Waals surface area contributed by atoms with Crippen molar-refractivity contribution in [3.63, 3.8) is 0 Å². The van der Waals surface area contributed by atoms with Crippen molar-refractivity contribution in [1.82, 2.24) is 9.78 Å². The number of benzene rings is 1. The number of aryl methyl sites for hydroxylation is 2. The SMILES string of the molecule is Cc1nn(C)c(N2CC(=O)CC2=O)c1-c1ccccc1. The van der Waals surface area contributed by atoms with E-state index in [0.29, 0.717) is 5.82 Å². The third-order valence-electron chi connectivity index (χ3n) is 3.49. The van der Waals surface area contributed by atoms with Crippen LogP contribution in [-0.2, 0) is 16.6 Å². The number of amides is 1. The second-order valence-electron chi connectivity index (χ2n) is 4.97. The molecular weight excluding hydrogens is 254 g/mol. The molecule has 5 nitrogen and oxygen atoms in total. The quantitative estimate of drug-likeness (QED) is 0.780. The molecule has 0 atom stereocenters. The van der Waals surface area contributed by atoms with Gasteiger partial charge in [-0.15, -0.1) is 0 Å². The summed E-state index contributed by atoms with van der Waals surface area (Å²) in [5.41, 5.74) is 2.76. The molecule has 1 aromatic heterocycles. The standard InChI is InChI=1S/C15H15N3O2/c1-10-14(11-6-4-3-5-7-11)15(17(2)16-10)18-9-12(19)8-13(18)20/h3-7H,8-9H2,1-2H3. The minimum Gasteiger partial charge on any atom is -0.297 e. The summed E-state index contributed by atoms with van der Waals surface area (Å²) >= 11 is 0. The number of carbonyl (C=O) groups is 2. The van der Waals surface area contributed by atoms with Gasteiger partial charge < -0.3 is 0 Å². The van der Waals surface area contributed by atoms with Crippen molar-refractivity contribution < 1.29 is 9.59 Å². The van der Waals surface area contributed by atoms with Crippen molar-refractivity contribution in [2.75, 3.05) is 11.4 Å². The van der Waals surface area contributed by atoms with Gasteiger partial charge >= 0.3 is 0 Å². The third-order valence-corrected chi connectivity index (χ3v) is 3.49. The van der Waals surface area contributed by atoms with Crippen LogP contribution in [0.1, 0.15) is 12.1 Å². The predicted octanol–water partition coefficient (Wildman–Crippen LogP) is 1.70. The molecule has 1 amide bonds. The lowest BCUT2D eigenvalue weighted by atomic mass is 10.1. The molecule has 1 aliphatic rings. The smallest absolute Gasteiger partial charge is 0.236 e. The number of carbonyl (C=O) groups excluding carboxylic acids is 2. The number of hydrogen-bond donors (Lipinski definition) is 0. The topological polar surface area (TPSA) is 55.2 Å². The normalized spacial score (nSPS) is 15.2. The zero-order valence-corrected chi connectivity index (χ0v) is 11.5. The molecule has 0 N–H and O–H groups in total. The van der Waals surface area contributed by atoms with Crippen LogP contribution in [0.15, 0.2) is 30.3 Å². The first kappa shape index (κ1) is 12.6. The molecule has 0 spiro atoms. The second kappa shape index (κ2) is 4.59. The van der Waals surface area contributed by atoms with Crippen LogP contribution in [0.25, 0.3) is 11.1 Å². The molecule has 0 unspecified atom stereocenters. The van der Waals surface area contributed by atoms with Gasteiger partial charge in [0.25, 0.3) is 0 Å². The maximum Gasteiger partial charge on any atom is 0.236 e. The minimum absolute atomic E-state index is 0.0154. The van der Waals surface area contributed by atoms with Crippen molar-refractivity contribution in [3.05, 3.63) is 36.0 Å². The van der Waals surface area contributed by atoms with Crippen LogP contribution < -0.4 is 4.90 Å². The summed E-state index contributed by atoms with van der Waals surface area (Å²) in [7, 11) is 1.80. The number of aromatic nitrogens is 2. The molecule has 0 aliphatic carbocycles. The maximum absolute atomic E-state index is 12.0. The number of Topliss-reactive ketones (excluding diaryl/α,β-unsaturated/α-hetero) is 1. The molecule has 5 heteroatoms. The van der Waals surface area contributed by atoms with Gasteiger partial charge in [0.15, 0.2) is 5.78 Å². The first-order valence-corrected chi connectivity index (χ1v) is 6.49. The molecule has 2 heterocycles. The van der Waals surface area contributed by atoms with Crippen LogP contribution in [0.3, 0.4) is 0 Å². The van der Waals surface area contributed by atoms with E-state index in [1.165, 1.54) is 4.90 Å². The molecule has 102 valence electrons. The highest BCUT2D eigenvalue weighted by molar-refractivity contribution is 6.15. The van der Waals surface area contributed by atoms with Gasteiger partial charge in [-0.05, 0) is 12.5 Å². The van der Waals surface area contributed by atoms with Crippen LogP contribution in [-0.4, -0.2) is 28.0 Å². The molecule has 0 saturated carbocycles. The van der Waals surface area contributed by atoms with Crippen molar-refractivity contribution in [3.8, 4) is 11.1 Å². The molecule has 3 rings (SSSR count). The Morgan fingerprint density at radius 2 is 1.85 bits per heavy atom. The average molecular weight is 269 g/mol. The van der Waals surface area contributed by atoms with E-state index in [2.05, 4.69) is 5.10 Å². The minimum atomic E-state index is -0.157. The van der Waals surface area contributed by atoms with E-state index in [1.54, 1.807) is 11.7 Å². The van der Waals surface area contributed by atoms with Gasteiger partial charge in [-0.1, -0.05) is 30.3 Å². The number of hydrogen-bond acceptors (Lipinski definition) is 3. The predicted molar refractivity (Wildman–Crippen MR) is 75.4 cm³/mol.